The average Bonchev–Trinajstić information content (AvgIpc) is 3.36. The van der Waals surface area contributed by atoms with Crippen LogP contribution in [0.25, 0.3) is 11.1 Å². The number of pyridine rings is 1. The maximum Gasteiger partial charge on any atom is 0.416 e. The van der Waals surface area contributed by atoms with E-state index in [-0.39, 0.29) is 22.9 Å². The number of ether oxygens (including phenoxy) is 1. The van der Waals surface area contributed by atoms with Gasteiger partial charge in [-0.2, -0.15) is 13.2 Å². The molecule has 1 aliphatic rings. The lowest BCUT2D eigenvalue weighted by atomic mass is 9.92. The van der Waals surface area contributed by atoms with E-state index in [9.17, 15) is 22.4 Å². The predicted octanol–water partition coefficient (Wildman–Crippen LogP) is 7.16. The van der Waals surface area contributed by atoms with Gasteiger partial charge in [0.2, 0.25) is 0 Å². The molecule has 0 saturated heterocycles. The van der Waals surface area contributed by atoms with Crippen LogP contribution in [0, 0.1) is 18.6 Å². The minimum absolute atomic E-state index is 0.0145. The Balaban J connectivity index is 1.65. The largest absolute Gasteiger partial charge is 0.494 e. The minimum Gasteiger partial charge on any atom is -0.494 e. The molecule has 41 heavy (non-hydrogen) atoms. The van der Waals surface area contributed by atoms with Crippen molar-refractivity contribution in [2.45, 2.75) is 37.1 Å². The van der Waals surface area contributed by atoms with Gasteiger partial charge in [0.15, 0.2) is 11.6 Å². The summed E-state index contributed by atoms with van der Waals surface area (Å²) in [6.45, 7) is 2.51. The van der Waals surface area contributed by atoms with Crippen LogP contribution in [0.2, 0.25) is 0 Å². The van der Waals surface area contributed by atoms with Crippen molar-refractivity contribution in [1.29, 1.82) is 0 Å². The number of hydrogen-bond acceptors (Lipinski definition) is 4. The topological polar surface area (TPSA) is 43.3 Å². The Morgan fingerprint density at radius 3 is 2.44 bits per heavy atom. The van der Waals surface area contributed by atoms with Crippen molar-refractivity contribution in [1.82, 2.24) is 9.88 Å². The summed E-state index contributed by atoms with van der Waals surface area (Å²) in [6.07, 6.45) is -5.20. The smallest absolute Gasteiger partial charge is 0.416 e. The van der Waals surface area contributed by atoms with Crippen LogP contribution in [0.3, 0.4) is 0 Å². The van der Waals surface area contributed by atoms with E-state index in [4.69, 9.17) is 4.74 Å². The summed E-state index contributed by atoms with van der Waals surface area (Å²) >= 11 is 1.33. The fourth-order valence-electron chi connectivity index (χ4n) is 5.26. The first-order valence-electron chi connectivity index (χ1n) is 12.9. The van der Waals surface area contributed by atoms with Gasteiger partial charge in [-0.05, 0) is 41.8 Å². The molecular formula is C31H27F5N2O2S. The van der Waals surface area contributed by atoms with Crippen LogP contribution in [0.5, 0.6) is 5.75 Å². The highest BCUT2D eigenvalue weighted by Crippen LogP contribution is 2.42. The molecule has 214 valence electrons. The third kappa shape index (κ3) is 5.63. The minimum atomic E-state index is -4.78. The first-order chi connectivity index (χ1) is 19.6. The number of methoxy groups -OCH3 is 1. The van der Waals surface area contributed by atoms with Crippen molar-refractivity contribution in [3.8, 4) is 16.9 Å². The highest BCUT2D eigenvalue weighted by molar-refractivity contribution is 7.99. The van der Waals surface area contributed by atoms with Crippen LogP contribution in [-0.2, 0) is 19.1 Å². The molecule has 5 rings (SSSR count). The summed E-state index contributed by atoms with van der Waals surface area (Å²) in [6, 6.07) is 16.6. The monoisotopic (exact) mass is 586 g/mol. The maximum absolute atomic E-state index is 15.5. The first-order valence-corrected chi connectivity index (χ1v) is 13.9. The van der Waals surface area contributed by atoms with E-state index in [0.29, 0.717) is 35.0 Å². The van der Waals surface area contributed by atoms with E-state index in [1.165, 1.54) is 35.6 Å². The van der Waals surface area contributed by atoms with E-state index in [0.717, 1.165) is 23.8 Å². The van der Waals surface area contributed by atoms with E-state index in [2.05, 4.69) is 5.32 Å². The van der Waals surface area contributed by atoms with Gasteiger partial charge >= 0.3 is 6.18 Å². The number of thioether (sulfide) groups is 1. The van der Waals surface area contributed by atoms with Crippen molar-refractivity contribution in [2.24, 2.45) is 0 Å². The van der Waals surface area contributed by atoms with Crippen molar-refractivity contribution < 1.29 is 26.7 Å². The van der Waals surface area contributed by atoms with Gasteiger partial charge in [0.1, 0.15) is 5.82 Å². The second-order valence-corrected chi connectivity index (χ2v) is 10.8. The number of rotatable bonds is 8. The summed E-state index contributed by atoms with van der Waals surface area (Å²) in [5, 5.41) is 3.81. The molecule has 4 aromatic rings. The van der Waals surface area contributed by atoms with Gasteiger partial charge in [-0.15, -0.1) is 11.8 Å². The molecule has 1 unspecified atom stereocenters. The molecule has 4 nitrogen and oxygen atoms in total. The van der Waals surface area contributed by atoms with Crippen LogP contribution in [0.1, 0.15) is 33.9 Å². The quantitative estimate of drug-likeness (QED) is 0.223. The number of hydrogen-bond donors (Lipinski definition) is 1. The van der Waals surface area contributed by atoms with Gasteiger partial charge < -0.3 is 10.1 Å². The highest BCUT2D eigenvalue weighted by atomic mass is 32.2. The summed E-state index contributed by atoms with van der Waals surface area (Å²) < 4.78 is 78.8. The fourth-order valence-corrected chi connectivity index (χ4v) is 6.65. The average molecular weight is 587 g/mol. The van der Waals surface area contributed by atoms with Crippen molar-refractivity contribution in [3.05, 3.63) is 117 Å². The third-order valence-corrected chi connectivity index (χ3v) is 8.57. The molecule has 0 saturated carbocycles. The van der Waals surface area contributed by atoms with Crippen LogP contribution in [0.15, 0.2) is 76.6 Å². The van der Waals surface area contributed by atoms with Gasteiger partial charge in [0.05, 0.1) is 29.3 Å². The Hall–Kier alpha value is -3.63. The van der Waals surface area contributed by atoms with Crippen molar-refractivity contribution in [2.75, 3.05) is 19.4 Å². The van der Waals surface area contributed by atoms with Gasteiger partial charge in [0, 0.05) is 36.4 Å². The molecule has 3 aromatic carbocycles. The normalized spacial score (nSPS) is 14.8. The predicted molar refractivity (Wildman–Crippen MR) is 150 cm³/mol. The molecule has 1 aromatic heterocycles. The van der Waals surface area contributed by atoms with E-state index >= 15 is 4.39 Å². The molecule has 0 amide bonds. The Morgan fingerprint density at radius 1 is 1.00 bits per heavy atom. The lowest BCUT2D eigenvalue weighted by Crippen LogP contribution is -2.33. The molecule has 1 atom stereocenters. The lowest BCUT2D eigenvalue weighted by molar-refractivity contribution is -0.138. The van der Waals surface area contributed by atoms with E-state index < -0.39 is 40.9 Å². The molecule has 0 radical (unpaired) electrons. The van der Waals surface area contributed by atoms with Crippen LogP contribution in [0.4, 0.5) is 22.0 Å². The Labute approximate surface area is 238 Å². The number of nitrogens with zero attached hydrogens (tertiary/aromatic N) is 1. The van der Waals surface area contributed by atoms with Gasteiger partial charge in [-0.3, -0.25) is 9.36 Å². The third-order valence-electron chi connectivity index (χ3n) is 7.30. The van der Waals surface area contributed by atoms with Crippen LogP contribution >= 0.6 is 11.8 Å². The molecule has 0 bridgehead atoms. The SMILES string of the molecule is COc1cccc(-c2c(C)c(Cc3c(F)cccc3C(F)(F)F)c3n(c2=O)C(CNCc2ccccc2)CS3)c1F. The number of nitrogens with one attached hydrogen (secondary N) is 1. The standard InChI is InChI=1S/C31H27F5N2O2S/c1-18-22(14-23-24(31(34,35)36)11-7-12-25(23)32)30-38(20(17-41-30)16-37-15-19-8-4-3-5-9-19)29(39)27(18)21-10-6-13-26(40-2)28(21)33/h3-13,20,37H,14-17H2,1-2H3. The Kier molecular flexibility index (Phi) is 8.24. The molecule has 1 aliphatic heterocycles. The molecule has 1 N–H and O–H groups in total. The van der Waals surface area contributed by atoms with Crippen LogP contribution < -0.4 is 15.6 Å². The van der Waals surface area contributed by atoms with Gasteiger partial charge in [-0.1, -0.05) is 48.5 Å². The van der Waals surface area contributed by atoms with Crippen LogP contribution in [-0.4, -0.2) is 24.0 Å². The maximum atomic E-state index is 15.5. The summed E-state index contributed by atoms with van der Waals surface area (Å²) in [7, 11) is 1.30. The van der Waals surface area contributed by atoms with Crippen molar-refractivity contribution in [3.63, 3.8) is 0 Å². The number of benzene rings is 3. The van der Waals surface area contributed by atoms with Crippen molar-refractivity contribution >= 4 is 11.8 Å². The first kappa shape index (κ1) is 28.9. The molecular weight excluding hydrogens is 559 g/mol. The Morgan fingerprint density at radius 2 is 1.73 bits per heavy atom. The zero-order valence-electron chi connectivity index (χ0n) is 22.3. The molecule has 10 heteroatoms. The lowest BCUT2D eigenvalue weighted by Gasteiger charge is -2.22. The molecule has 0 fully saturated rings. The summed E-state index contributed by atoms with van der Waals surface area (Å²) in [5.41, 5.74) is -0.374. The molecule has 0 spiro atoms. The number of halogens is 5. The summed E-state index contributed by atoms with van der Waals surface area (Å²) in [4.78, 5) is 14.0. The van der Waals surface area contributed by atoms with E-state index in [1.54, 1.807) is 13.0 Å². The second kappa shape index (κ2) is 11.7. The zero-order chi connectivity index (χ0) is 29.3. The van der Waals surface area contributed by atoms with E-state index in [1.807, 2.05) is 30.3 Å². The number of aromatic nitrogens is 1. The van der Waals surface area contributed by atoms with Gasteiger partial charge in [0.25, 0.3) is 5.56 Å². The second-order valence-electron chi connectivity index (χ2n) is 9.80. The molecule has 2 heterocycles. The van der Waals surface area contributed by atoms with Gasteiger partial charge in [-0.25, -0.2) is 8.78 Å². The highest BCUT2D eigenvalue weighted by Gasteiger charge is 2.36. The Bertz CT molecular complexity index is 1640. The number of fused-ring (bicyclic) bond motifs is 1. The number of alkyl halides is 3. The zero-order valence-corrected chi connectivity index (χ0v) is 23.1. The summed E-state index contributed by atoms with van der Waals surface area (Å²) in [5.74, 6) is -1.36. The fraction of sp³-hybridized carbons (Fsp3) is 0.258. The molecule has 0 aliphatic carbocycles.